The van der Waals surface area contributed by atoms with Gasteiger partial charge in [0.15, 0.2) is 0 Å². The molecule has 4 nitrogen and oxygen atoms in total. The van der Waals surface area contributed by atoms with E-state index < -0.39 is 0 Å². The summed E-state index contributed by atoms with van der Waals surface area (Å²) in [5.74, 6) is 0. The third kappa shape index (κ3) is 2.54. The van der Waals surface area contributed by atoms with Crippen LogP contribution in [0.25, 0.3) is 0 Å². The van der Waals surface area contributed by atoms with Crippen LogP contribution < -0.4 is 5.73 Å². The largest absolute Gasteiger partial charge is 0.324 e. The maximum Gasteiger partial charge on any atom is 0.0847 e. The molecule has 1 atom stereocenters. The van der Waals surface area contributed by atoms with Gasteiger partial charge < -0.3 is 5.73 Å². The van der Waals surface area contributed by atoms with Gasteiger partial charge in [-0.25, -0.2) is 0 Å². The van der Waals surface area contributed by atoms with Crippen LogP contribution in [0.5, 0.6) is 0 Å². The maximum atomic E-state index is 6.27. The molecular formula is C13H17ClN4. The average Bonchev–Trinajstić information content (AvgIpc) is 2.67. The Kier molecular flexibility index (Phi) is 3.99. The molecule has 0 radical (unpaired) electrons. The molecule has 1 unspecified atom stereocenters. The van der Waals surface area contributed by atoms with Crippen molar-refractivity contribution >= 4 is 11.6 Å². The van der Waals surface area contributed by atoms with Crippen LogP contribution in [0, 0.1) is 6.92 Å². The van der Waals surface area contributed by atoms with E-state index in [9.17, 15) is 0 Å². The average molecular weight is 265 g/mol. The summed E-state index contributed by atoms with van der Waals surface area (Å²) in [4.78, 5) is 4.08. The number of hydrogen-bond acceptors (Lipinski definition) is 3. The fourth-order valence-corrected chi connectivity index (χ4v) is 2.20. The van der Waals surface area contributed by atoms with E-state index in [2.05, 4.69) is 10.1 Å². The summed E-state index contributed by atoms with van der Waals surface area (Å²) in [6, 6.07) is 3.75. The molecule has 0 aromatic carbocycles. The molecule has 0 saturated heterocycles. The van der Waals surface area contributed by atoms with E-state index in [4.69, 9.17) is 17.3 Å². The molecule has 2 aromatic rings. The molecule has 0 amide bonds. The van der Waals surface area contributed by atoms with Crippen LogP contribution in [0.2, 0.25) is 5.02 Å². The lowest BCUT2D eigenvalue weighted by molar-refractivity contribution is 0.587. The quantitative estimate of drug-likeness (QED) is 0.923. The van der Waals surface area contributed by atoms with Crippen LogP contribution in [0.3, 0.4) is 0 Å². The zero-order valence-corrected chi connectivity index (χ0v) is 11.4. The van der Waals surface area contributed by atoms with Gasteiger partial charge in [0.25, 0.3) is 0 Å². The van der Waals surface area contributed by atoms with Crippen molar-refractivity contribution < 1.29 is 0 Å². The Labute approximate surface area is 112 Å². The third-order valence-corrected chi connectivity index (χ3v) is 3.47. The molecule has 0 aliphatic heterocycles. The Morgan fingerprint density at radius 1 is 1.50 bits per heavy atom. The number of aryl methyl sites for hydroxylation is 2. The summed E-state index contributed by atoms with van der Waals surface area (Å²) in [7, 11) is 0. The lowest BCUT2D eigenvalue weighted by atomic mass is 10.0. The Balaban J connectivity index is 2.24. The molecule has 2 heterocycles. The minimum atomic E-state index is -0.113. The van der Waals surface area contributed by atoms with Crippen LogP contribution in [-0.4, -0.2) is 14.8 Å². The fraction of sp³-hybridized carbons (Fsp3) is 0.385. The first-order valence-corrected chi connectivity index (χ1v) is 6.38. The van der Waals surface area contributed by atoms with Gasteiger partial charge in [0, 0.05) is 31.4 Å². The zero-order chi connectivity index (χ0) is 13.1. The number of pyridine rings is 1. The Morgan fingerprint density at radius 2 is 2.28 bits per heavy atom. The first kappa shape index (κ1) is 13.1. The van der Waals surface area contributed by atoms with Crippen LogP contribution in [-0.2, 0) is 13.0 Å². The highest BCUT2D eigenvalue weighted by molar-refractivity contribution is 6.31. The molecule has 0 aliphatic rings. The van der Waals surface area contributed by atoms with Gasteiger partial charge in [-0.1, -0.05) is 17.7 Å². The molecule has 0 bridgehead atoms. The summed E-state index contributed by atoms with van der Waals surface area (Å²) >= 11 is 6.27. The summed E-state index contributed by atoms with van der Waals surface area (Å²) in [6.07, 6.45) is 4.20. The molecule has 96 valence electrons. The lowest BCUT2D eigenvalue weighted by Gasteiger charge is -2.13. The molecule has 0 fully saturated rings. The second-order valence-electron chi connectivity index (χ2n) is 4.26. The monoisotopic (exact) mass is 264 g/mol. The lowest BCUT2D eigenvalue weighted by Crippen LogP contribution is -2.16. The highest BCUT2D eigenvalue weighted by atomic mass is 35.5. The Hall–Kier alpha value is -1.39. The highest BCUT2D eigenvalue weighted by Crippen LogP contribution is 2.24. The number of halogens is 1. The van der Waals surface area contributed by atoms with Crippen LogP contribution in [0.1, 0.15) is 29.9 Å². The number of aromatic nitrogens is 3. The first-order chi connectivity index (χ1) is 8.63. The fourth-order valence-electron chi connectivity index (χ4n) is 1.99. The number of nitrogens with zero attached hydrogens (tertiary/aromatic N) is 3. The van der Waals surface area contributed by atoms with Crippen molar-refractivity contribution in [1.82, 2.24) is 14.8 Å². The zero-order valence-electron chi connectivity index (χ0n) is 10.6. The van der Waals surface area contributed by atoms with Crippen molar-refractivity contribution in [3.63, 3.8) is 0 Å². The van der Waals surface area contributed by atoms with E-state index >= 15 is 0 Å². The van der Waals surface area contributed by atoms with Crippen molar-refractivity contribution in [3.8, 4) is 0 Å². The van der Waals surface area contributed by atoms with Crippen molar-refractivity contribution in [2.75, 3.05) is 0 Å². The van der Waals surface area contributed by atoms with Crippen molar-refractivity contribution in [2.45, 2.75) is 32.9 Å². The molecule has 2 aromatic heterocycles. The molecular weight excluding hydrogens is 248 g/mol. The molecule has 0 spiro atoms. The van der Waals surface area contributed by atoms with Crippen molar-refractivity contribution in [3.05, 3.63) is 46.5 Å². The van der Waals surface area contributed by atoms with Gasteiger partial charge in [-0.3, -0.25) is 9.67 Å². The van der Waals surface area contributed by atoms with E-state index in [1.165, 1.54) is 0 Å². The molecule has 18 heavy (non-hydrogen) atoms. The number of nitrogens with two attached hydrogens (primary N) is 1. The first-order valence-electron chi connectivity index (χ1n) is 6.00. The van der Waals surface area contributed by atoms with Gasteiger partial charge in [-0.15, -0.1) is 0 Å². The Bertz CT molecular complexity index is 521. The van der Waals surface area contributed by atoms with E-state index in [-0.39, 0.29) is 6.04 Å². The number of rotatable bonds is 4. The highest BCUT2D eigenvalue weighted by Gasteiger charge is 2.16. The van der Waals surface area contributed by atoms with E-state index in [1.54, 1.807) is 12.4 Å². The third-order valence-electron chi connectivity index (χ3n) is 2.98. The van der Waals surface area contributed by atoms with Gasteiger partial charge in [-0.05, 0) is 25.5 Å². The van der Waals surface area contributed by atoms with Gasteiger partial charge >= 0.3 is 0 Å². The summed E-state index contributed by atoms with van der Waals surface area (Å²) in [5, 5.41) is 5.11. The SMILES string of the molecule is CCn1nc(C)c(Cl)c1CC(N)c1cccnc1. The minimum Gasteiger partial charge on any atom is -0.324 e. The van der Waals surface area contributed by atoms with Crippen LogP contribution in [0.4, 0.5) is 0 Å². The van der Waals surface area contributed by atoms with Gasteiger partial charge in [0.1, 0.15) is 0 Å². The van der Waals surface area contributed by atoms with Crippen molar-refractivity contribution in [2.24, 2.45) is 5.73 Å². The molecule has 0 saturated carbocycles. The smallest absolute Gasteiger partial charge is 0.0847 e. The molecule has 2 N–H and O–H groups in total. The standard InChI is InChI=1S/C13H17ClN4/c1-3-18-12(13(14)9(2)17-18)7-11(15)10-5-4-6-16-8-10/h4-6,8,11H,3,7,15H2,1-2H3. The van der Waals surface area contributed by atoms with E-state index in [1.807, 2.05) is 30.7 Å². The van der Waals surface area contributed by atoms with E-state index in [0.29, 0.717) is 6.42 Å². The van der Waals surface area contributed by atoms with Crippen LogP contribution in [0.15, 0.2) is 24.5 Å². The van der Waals surface area contributed by atoms with Gasteiger partial charge in [0.2, 0.25) is 0 Å². The van der Waals surface area contributed by atoms with E-state index in [0.717, 1.165) is 28.5 Å². The molecule has 0 aliphatic carbocycles. The maximum absolute atomic E-state index is 6.27. The molecule has 2 rings (SSSR count). The molecule has 5 heteroatoms. The van der Waals surface area contributed by atoms with Gasteiger partial charge in [0.05, 0.1) is 16.4 Å². The predicted molar refractivity (Wildman–Crippen MR) is 72.5 cm³/mol. The second kappa shape index (κ2) is 5.50. The normalized spacial score (nSPS) is 12.7. The summed E-state index contributed by atoms with van der Waals surface area (Å²) in [6.45, 7) is 4.75. The van der Waals surface area contributed by atoms with Crippen LogP contribution >= 0.6 is 11.6 Å². The predicted octanol–water partition coefficient (Wildman–Crippen LogP) is 2.50. The number of hydrogen-bond donors (Lipinski definition) is 1. The topological polar surface area (TPSA) is 56.7 Å². The Morgan fingerprint density at radius 3 is 2.89 bits per heavy atom. The minimum absolute atomic E-state index is 0.113. The van der Waals surface area contributed by atoms with Gasteiger partial charge in [-0.2, -0.15) is 5.10 Å². The van der Waals surface area contributed by atoms with Crippen molar-refractivity contribution in [1.29, 1.82) is 0 Å². The summed E-state index contributed by atoms with van der Waals surface area (Å²) < 4.78 is 1.91. The summed E-state index contributed by atoms with van der Waals surface area (Å²) in [5.41, 5.74) is 9.05. The second-order valence-corrected chi connectivity index (χ2v) is 4.64.